The molecule has 14 heteroatoms. The Labute approximate surface area is 545 Å². The number of hydrogen-bond acceptors (Lipinski definition) is 14. The molecule has 0 amide bonds. The van der Waals surface area contributed by atoms with Gasteiger partial charge >= 0.3 is 0 Å². The molecule has 17 atom stereocenters. The van der Waals surface area contributed by atoms with E-state index >= 15 is 0 Å². The minimum absolute atomic E-state index is 0.00304. The minimum atomic E-state index is -0.485. The zero-order chi connectivity index (χ0) is 63.1. The third-order valence-electron chi connectivity index (χ3n) is 25.0. The number of piperidine rings is 1. The van der Waals surface area contributed by atoms with E-state index in [0.717, 1.165) is 133 Å². The van der Waals surface area contributed by atoms with E-state index in [4.69, 9.17) is 21.2 Å². The number of fused-ring (bicyclic) bond motifs is 2. The van der Waals surface area contributed by atoms with Crippen molar-refractivity contribution in [2.24, 2.45) is 86.5 Å². The Kier molecular flexibility index (Phi) is 18.7. The number of nitrogens with zero attached hydrogens (tertiary/aromatic N) is 1. The number of aliphatic imine (C=N–C) groups is 1. The van der Waals surface area contributed by atoms with Crippen LogP contribution in [0.4, 0.5) is 0 Å². The third-order valence-corrected chi connectivity index (χ3v) is 25.0. The van der Waals surface area contributed by atoms with Crippen LogP contribution >= 0.6 is 0 Å². The standard InChI is InChI=1S/C78H100N8O6/c1-92-69-39-64-55(37-68(69)90)32-58-45-84-72(79)40-65(58)52(29-49-13-7-12-48(28-49)19-18-47-10-3-2-4-11-47)16-8-26-83-76(80)85-60-33-53-22-24-78-70-21-20-50(30-61(88)38-62(89)35-59(64)46-87)41-77(70,42-66-63-23-27-81-44-57(63)31-54-17-9-25-82-74(54)66)43-71(78)86-67(36-56(34-60)73(53)78)75(91)51-14-5-6-15-51/h2-4,7,9-13,17,28,35-37,39-40,45,50-54,57,60,63,66-67,70-75,81-82,84,86-87,90-91H,5-6,14-16,18-25,27,29-34,38,41-44,46,79H2,1H3,(H3,80,83,85). The highest BCUT2D eigenvalue weighted by Crippen LogP contribution is 2.74. The summed E-state index contributed by atoms with van der Waals surface area (Å²) in [6, 6.07) is 26.4. The van der Waals surface area contributed by atoms with Gasteiger partial charge < -0.3 is 58.1 Å². The number of aliphatic hydroxyl groups is 2. The van der Waals surface area contributed by atoms with Crippen LogP contribution < -0.4 is 42.8 Å². The van der Waals surface area contributed by atoms with Gasteiger partial charge in [-0.25, -0.2) is 0 Å². The summed E-state index contributed by atoms with van der Waals surface area (Å²) in [5.74, 6) is 7.26. The maximum Gasteiger partial charge on any atom is 0.202 e. The number of aliphatic hydroxyl groups excluding tert-OH is 2. The van der Waals surface area contributed by atoms with Crippen LogP contribution in [-0.4, -0.2) is 103 Å². The monoisotopic (exact) mass is 1240 g/mol. The van der Waals surface area contributed by atoms with Gasteiger partial charge in [0.15, 0.2) is 17.3 Å². The van der Waals surface area contributed by atoms with Gasteiger partial charge in [-0.15, -0.1) is 0 Å². The molecule has 17 unspecified atom stereocenters. The molecule has 6 aliphatic carbocycles. The number of carbonyl (C=O) groups is 2. The molecule has 14 aliphatic rings. The van der Waals surface area contributed by atoms with Gasteiger partial charge in [0.2, 0.25) is 5.96 Å². The van der Waals surface area contributed by atoms with Gasteiger partial charge in [0.05, 0.1) is 38.4 Å². The van der Waals surface area contributed by atoms with Gasteiger partial charge in [0.25, 0.3) is 0 Å². The number of phenols is 1. The fourth-order valence-electron chi connectivity index (χ4n) is 21.6. The summed E-state index contributed by atoms with van der Waals surface area (Å²) >= 11 is 0. The third kappa shape index (κ3) is 12.8. The maximum absolute atomic E-state index is 14.8. The Balaban J connectivity index is 0.841. The van der Waals surface area contributed by atoms with E-state index in [2.05, 4.69) is 111 Å². The predicted molar refractivity (Wildman–Crippen MR) is 363 cm³/mol. The number of carbonyl (C=O) groups excluding carboxylic acids is 2. The van der Waals surface area contributed by atoms with Gasteiger partial charge in [-0.05, 0) is 261 Å². The number of ether oxygens (including phenoxy) is 1. The number of allylic oxidation sites excluding steroid dienone is 3. The summed E-state index contributed by atoms with van der Waals surface area (Å²) < 4.78 is 5.68. The molecule has 488 valence electrons. The highest BCUT2D eigenvalue weighted by Gasteiger charge is 2.71. The van der Waals surface area contributed by atoms with Gasteiger partial charge in [-0.1, -0.05) is 97.2 Å². The molecule has 92 heavy (non-hydrogen) atoms. The van der Waals surface area contributed by atoms with E-state index in [1.807, 2.05) is 12.3 Å². The summed E-state index contributed by atoms with van der Waals surface area (Å²) in [5.41, 5.74) is 22.3. The lowest BCUT2D eigenvalue weighted by atomic mass is 9.50. The number of rotatable bonds is 11. The quantitative estimate of drug-likeness (QED) is 0.0491. The molecule has 17 rings (SSSR count). The number of nitrogens with one attached hydrogen (secondary N) is 5. The fraction of sp³-hybridized carbons (Fsp3) is 0.577. The first-order chi connectivity index (χ1) is 44.8. The van der Waals surface area contributed by atoms with Crippen molar-refractivity contribution in [3.63, 3.8) is 0 Å². The van der Waals surface area contributed by atoms with Crippen molar-refractivity contribution in [3.05, 3.63) is 148 Å². The molecule has 1 saturated heterocycles. The predicted octanol–water partition coefficient (Wildman–Crippen LogP) is 9.43. The number of methoxy groups -OCH3 is 1. The molecule has 6 saturated carbocycles. The van der Waals surface area contributed by atoms with E-state index in [0.29, 0.717) is 95.8 Å². The molecule has 0 radical (unpaired) electrons. The molecule has 3 aromatic carbocycles. The van der Waals surface area contributed by atoms with Crippen LogP contribution in [0.5, 0.6) is 11.5 Å². The molecule has 8 aliphatic heterocycles. The molecule has 7 fully saturated rings. The SMILES string of the molecule is COc1cc2c(cc1O)CC1=CNC(N)C=C1C(Cc1cccc(CCc3ccccc3)c1)CC#CN=C(N)NC1CC3=CC(C(O)C4CCCC4)NC4CC5(CC6C7CCNCC7CC7C=CCNC76)CC(CCC5C45CCC(C1)C35)CC(=O)CC(=O)C=C2CO. The van der Waals surface area contributed by atoms with Gasteiger partial charge in [0.1, 0.15) is 5.78 Å². The smallest absolute Gasteiger partial charge is 0.202 e. The zero-order valence-corrected chi connectivity index (χ0v) is 54.1. The van der Waals surface area contributed by atoms with Crippen LogP contribution in [0.2, 0.25) is 0 Å². The lowest BCUT2D eigenvalue weighted by molar-refractivity contribution is -0.126. The molecule has 1 spiro atoms. The molecule has 3 aromatic rings. The number of nitrogens with two attached hydrogens (primary N) is 2. The van der Waals surface area contributed by atoms with E-state index < -0.39 is 18.9 Å². The van der Waals surface area contributed by atoms with E-state index in [9.17, 15) is 24.9 Å². The molecular weight excluding hydrogens is 1140 g/mol. The van der Waals surface area contributed by atoms with Crippen molar-refractivity contribution < 1.29 is 29.6 Å². The summed E-state index contributed by atoms with van der Waals surface area (Å²) in [6.45, 7) is 2.56. The maximum atomic E-state index is 14.8. The second-order valence-electron chi connectivity index (χ2n) is 30.3. The van der Waals surface area contributed by atoms with E-state index in [1.165, 1.54) is 42.7 Å². The van der Waals surface area contributed by atoms with Gasteiger partial charge in [-0.3, -0.25) is 9.59 Å². The first-order valence-corrected chi connectivity index (χ1v) is 35.5. The second kappa shape index (κ2) is 27.2. The largest absolute Gasteiger partial charge is 0.504 e. The lowest BCUT2D eigenvalue weighted by Gasteiger charge is -2.56. The Morgan fingerprint density at radius 1 is 0.902 bits per heavy atom. The average molecular weight is 1250 g/mol. The summed E-state index contributed by atoms with van der Waals surface area (Å²) in [5, 5.41) is 54.9. The molecule has 0 aromatic heterocycles. The summed E-state index contributed by atoms with van der Waals surface area (Å²) in [7, 11) is 1.49. The van der Waals surface area contributed by atoms with Crippen molar-refractivity contribution in [2.45, 2.75) is 178 Å². The number of ketones is 2. The summed E-state index contributed by atoms with van der Waals surface area (Å²) in [6.07, 6.45) is 31.3. The van der Waals surface area contributed by atoms with Crippen LogP contribution in [0, 0.1) is 82.0 Å². The van der Waals surface area contributed by atoms with Crippen molar-refractivity contribution in [1.82, 2.24) is 26.6 Å². The summed E-state index contributed by atoms with van der Waals surface area (Å²) in [4.78, 5) is 34.2. The number of aryl methyl sites for hydroxylation is 2. The van der Waals surface area contributed by atoms with Crippen LogP contribution in [0.3, 0.4) is 0 Å². The fourth-order valence-corrected chi connectivity index (χ4v) is 21.6. The van der Waals surface area contributed by atoms with E-state index in [-0.39, 0.29) is 76.2 Å². The number of phenolic OH excluding ortho intramolecular Hbond substituents is 1. The molecule has 8 bridgehead atoms. The van der Waals surface area contributed by atoms with E-state index in [1.54, 1.807) is 12.1 Å². The van der Waals surface area contributed by atoms with Crippen molar-refractivity contribution in [1.29, 1.82) is 0 Å². The first kappa shape index (κ1) is 63.1. The Morgan fingerprint density at radius 2 is 1.74 bits per heavy atom. The molecule has 8 heterocycles. The Morgan fingerprint density at radius 3 is 2.59 bits per heavy atom. The number of benzene rings is 3. The van der Waals surface area contributed by atoms with Crippen LogP contribution in [0.25, 0.3) is 5.57 Å². The Hall–Kier alpha value is -6.31. The lowest BCUT2D eigenvalue weighted by Crippen LogP contribution is -2.57. The van der Waals surface area contributed by atoms with Gasteiger partial charge in [-0.2, -0.15) is 4.99 Å². The highest BCUT2D eigenvalue weighted by atomic mass is 16.5. The zero-order valence-electron chi connectivity index (χ0n) is 54.1. The molecule has 14 nitrogen and oxygen atoms in total. The normalized spacial score (nSPS) is 35.8. The van der Waals surface area contributed by atoms with Gasteiger partial charge in [0, 0.05) is 49.8 Å². The van der Waals surface area contributed by atoms with Crippen LogP contribution in [0.1, 0.15) is 143 Å². The van der Waals surface area contributed by atoms with Crippen molar-refractivity contribution >= 4 is 23.1 Å². The average Bonchev–Trinajstić information content (AvgIpc) is 1.51. The number of aromatic hydroxyl groups is 1. The van der Waals surface area contributed by atoms with Crippen LogP contribution in [0.15, 0.2) is 125 Å². The highest BCUT2D eigenvalue weighted by molar-refractivity contribution is 6.08. The number of guanidine groups is 1. The number of Topliss-reactive ketones (excluding diaryl/α,β-unsaturated/α-hetero) is 1. The van der Waals surface area contributed by atoms with Crippen LogP contribution in [-0.2, 0) is 35.3 Å². The number of dihydropyridines is 1. The van der Waals surface area contributed by atoms with Crippen molar-refractivity contribution in [3.8, 4) is 23.5 Å². The number of hydrogen-bond donors (Lipinski definition) is 10. The molecular formula is C78H100N8O6. The first-order valence-electron chi connectivity index (χ1n) is 35.5. The Bertz CT molecular complexity index is 3480. The van der Waals surface area contributed by atoms with Crippen molar-refractivity contribution in [2.75, 3.05) is 33.4 Å². The second-order valence-corrected chi connectivity index (χ2v) is 30.3. The molecule has 12 N–H and O–H groups in total. The minimum Gasteiger partial charge on any atom is -0.504 e. The topological polar surface area (TPSA) is 229 Å².